The predicted molar refractivity (Wildman–Crippen MR) is 126 cm³/mol. The molecule has 10 heteroatoms. The first-order chi connectivity index (χ1) is 15.5. The number of anilines is 2. The number of carbonyl (C=O) groups excluding carboxylic acids is 1. The Morgan fingerprint density at radius 1 is 1.22 bits per heavy atom. The Labute approximate surface area is 191 Å². The van der Waals surface area contributed by atoms with Crippen LogP contribution in [0.3, 0.4) is 0 Å². The summed E-state index contributed by atoms with van der Waals surface area (Å²) in [7, 11) is 0. The molecule has 0 unspecified atom stereocenters. The van der Waals surface area contributed by atoms with Gasteiger partial charge in [0.1, 0.15) is 0 Å². The summed E-state index contributed by atoms with van der Waals surface area (Å²) in [6, 6.07) is 9.09. The van der Waals surface area contributed by atoms with Crippen LogP contribution in [0, 0.1) is 0 Å². The van der Waals surface area contributed by atoms with Gasteiger partial charge in [-0.25, -0.2) is 14.8 Å². The molecule has 4 rings (SSSR count). The number of rotatable bonds is 5. The number of nitrogens with one attached hydrogen (secondary N) is 1. The first kappa shape index (κ1) is 23.7. The normalized spacial score (nSPS) is 14.6. The van der Waals surface area contributed by atoms with Gasteiger partial charge in [-0.1, -0.05) is 37.3 Å². The Balaban J connectivity index is 0.00000141. The highest BCUT2D eigenvalue weighted by Crippen LogP contribution is 2.28. The first-order valence-corrected chi connectivity index (χ1v) is 11.5. The molecular weight excluding hydrogens is 430 g/mol. The maximum atomic E-state index is 12.6. The summed E-state index contributed by atoms with van der Waals surface area (Å²) < 4.78 is 1.02. The number of carbonyl (C=O) groups is 1. The summed E-state index contributed by atoms with van der Waals surface area (Å²) in [5.74, 6) is 0.466. The number of pyridine rings is 1. The number of benzene rings is 1. The van der Waals surface area contributed by atoms with Crippen LogP contribution >= 0.6 is 11.3 Å². The summed E-state index contributed by atoms with van der Waals surface area (Å²) in [6.07, 6.45) is 0.923. The van der Waals surface area contributed by atoms with E-state index in [0.29, 0.717) is 42.7 Å². The van der Waals surface area contributed by atoms with Gasteiger partial charge in [0.05, 0.1) is 22.9 Å². The largest absolute Gasteiger partial charge is 0.504 e. The monoisotopic (exact) mass is 459 g/mol. The smallest absolute Gasteiger partial charge is 0.323 e. The maximum Gasteiger partial charge on any atom is 0.323 e. The van der Waals surface area contributed by atoms with Gasteiger partial charge in [0.25, 0.3) is 0 Å². The molecule has 1 aromatic carbocycles. The number of aliphatic hydroxyl groups is 2. The van der Waals surface area contributed by atoms with Crippen LogP contribution in [-0.2, 0) is 6.42 Å². The van der Waals surface area contributed by atoms with Gasteiger partial charge in [0.15, 0.2) is 16.7 Å². The Kier molecular flexibility index (Phi) is 8.20. The second-order valence-electron chi connectivity index (χ2n) is 7.12. The van der Waals surface area contributed by atoms with Gasteiger partial charge in [0, 0.05) is 38.8 Å². The molecule has 0 saturated carbocycles. The Hall–Kier alpha value is -2.95. The number of nitrogens with zero attached hydrogens (tertiary/aromatic N) is 4. The lowest BCUT2D eigenvalue weighted by Gasteiger charge is -2.35. The van der Waals surface area contributed by atoms with E-state index in [9.17, 15) is 15.0 Å². The average Bonchev–Trinajstić information content (AvgIpc) is 3.23. The molecule has 0 spiro atoms. The molecule has 1 aliphatic rings. The zero-order valence-electron chi connectivity index (χ0n) is 18.2. The minimum atomic E-state index is -0.880. The molecule has 9 nitrogen and oxygen atoms in total. The summed E-state index contributed by atoms with van der Waals surface area (Å²) in [5.41, 5.74) is 1.51. The van der Waals surface area contributed by atoms with Crippen LogP contribution in [0.25, 0.3) is 10.2 Å². The maximum absolute atomic E-state index is 12.6. The number of urea groups is 1. The van der Waals surface area contributed by atoms with Gasteiger partial charge < -0.3 is 25.1 Å². The van der Waals surface area contributed by atoms with Crippen LogP contribution in [0.2, 0.25) is 0 Å². The van der Waals surface area contributed by atoms with E-state index in [4.69, 9.17) is 5.11 Å². The predicted octanol–water partition coefficient (Wildman–Crippen LogP) is 2.67. The summed E-state index contributed by atoms with van der Waals surface area (Å²) in [6.45, 7) is 5.70. The third-order valence-electron chi connectivity index (χ3n) is 4.96. The van der Waals surface area contributed by atoms with Crippen molar-refractivity contribution in [1.29, 1.82) is 0 Å². The van der Waals surface area contributed by atoms with E-state index in [2.05, 4.69) is 15.3 Å². The molecule has 1 fully saturated rings. The Morgan fingerprint density at radius 3 is 2.59 bits per heavy atom. The number of para-hydroxylation sites is 1. The molecular formula is C22H29N5O4S. The highest BCUT2D eigenvalue weighted by atomic mass is 32.1. The SMILES string of the molecule is CC.O=C(Nc1nc2ccccc2s1)N1CCN(c2ncc(C[C@H](O)CO)cc2O)CC1. The van der Waals surface area contributed by atoms with E-state index in [0.717, 1.165) is 10.2 Å². The van der Waals surface area contributed by atoms with Crippen molar-refractivity contribution in [1.82, 2.24) is 14.9 Å². The summed E-state index contributed by atoms with van der Waals surface area (Å²) in [4.78, 5) is 25.0. The fourth-order valence-corrected chi connectivity index (χ4v) is 4.25. The molecule has 1 atom stereocenters. The van der Waals surface area contributed by atoms with Crippen LogP contribution in [0.5, 0.6) is 5.75 Å². The van der Waals surface area contributed by atoms with Crippen molar-refractivity contribution >= 4 is 38.5 Å². The van der Waals surface area contributed by atoms with Gasteiger partial charge in [-0.3, -0.25) is 5.32 Å². The highest BCUT2D eigenvalue weighted by molar-refractivity contribution is 7.22. The average molecular weight is 460 g/mol. The van der Waals surface area contributed by atoms with E-state index in [-0.39, 0.29) is 24.8 Å². The zero-order valence-corrected chi connectivity index (χ0v) is 19.0. The van der Waals surface area contributed by atoms with Crippen LogP contribution < -0.4 is 10.2 Å². The summed E-state index contributed by atoms with van der Waals surface area (Å²) >= 11 is 1.44. The number of amides is 2. The molecule has 172 valence electrons. The van der Waals surface area contributed by atoms with E-state index < -0.39 is 6.10 Å². The molecule has 2 aromatic heterocycles. The van der Waals surface area contributed by atoms with Crippen LogP contribution in [0.4, 0.5) is 15.7 Å². The second kappa shape index (κ2) is 11.1. The van der Waals surface area contributed by atoms with Crippen LogP contribution in [-0.4, -0.2) is 75.1 Å². The zero-order chi connectivity index (χ0) is 23.1. The van der Waals surface area contributed by atoms with Gasteiger partial charge in [-0.05, 0) is 23.8 Å². The molecule has 3 heterocycles. The van der Waals surface area contributed by atoms with Gasteiger partial charge in [-0.15, -0.1) is 0 Å². The molecule has 0 radical (unpaired) electrons. The van der Waals surface area contributed by atoms with Crippen molar-refractivity contribution < 1.29 is 20.1 Å². The Morgan fingerprint density at radius 2 is 1.94 bits per heavy atom. The third-order valence-corrected chi connectivity index (χ3v) is 5.91. The molecule has 1 saturated heterocycles. The van der Waals surface area contributed by atoms with Crippen molar-refractivity contribution in [2.24, 2.45) is 0 Å². The molecule has 1 aliphatic heterocycles. The van der Waals surface area contributed by atoms with Crippen molar-refractivity contribution in [2.45, 2.75) is 26.4 Å². The lowest BCUT2D eigenvalue weighted by atomic mass is 10.1. The van der Waals surface area contributed by atoms with Crippen molar-refractivity contribution in [3.63, 3.8) is 0 Å². The fourth-order valence-electron chi connectivity index (χ4n) is 3.40. The number of piperazine rings is 1. The fraction of sp³-hybridized carbons (Fsp3) is 0.409. The Bertz CT molecular complexity index is 1000. The van der Waals surface area contributed by atoms with E-state index in [1.807, 2.05) is 43.0 Å². The standard InChI is InChI=1S/C20H23N5O4S.C2H6/c26-12-14(27)9-13-10-16(28)18(21-11-13)24-5-7-25(8-6-24)20(29)23-19-22-15-3-1-2-4-17(15)30-19;1-2/h1-4,10-11,14,26-28H,5-9,12H2,(H,22,23,29);1-2H3/t14-;/m0./s1. The minimum absolute atomic E-state index is 0.0185. The van der Waals surface area contributed by atoms with Crippen LogP contribution in [0.15, 0.2) is 36.5 Å². The van der Waals surface area contributed by atoms with Crippen molar-refractivity contribution in [3.05, 3.63) is 42.1 Å². The lowest BCUT2D eigenvalue weighted by Crippen LogP contribution is -2.50. The van der Waals surface area contributed by atoms with Gasteiger partial charge in [0.2, 0.25) is 0 Å². The summed E-state index contributed by atoms with van der Waals surface area (Å²) in [5, 5.41) is 32.2. The van der Waals surface area contributed by atoms with Gasteiger partial charge in [-0.2, -0.15) is 0 Å². The number of aliphatic hydroxyl groups excluding tert-OH is 2. The molecule has 32 heavy (non-hydrogen) atoms. The number of thiazole rings is 1. The third kappa shape index (κ3) is 5.64. The van der Waals surface area contributed by atoms with Crippen molar-refractivity contribution in [3.8, 4) is 5.75 Å². The minimum Gasteiger partial charge on any atom is -0.504 e. The number of aromatic nitrogens is 2. The lowest BCUT2D eigenvalue weighted by molar-refractivity contribution is 0.0954. The molecule has 0 aliphatic carbocycles. The molecule has 0 bridgehead atoms. The molecule has 3 aromatic rings. The number of fused-ring (bicyclic) bond motifs is 1. The quantitative estimate of drug-likeness (QED) is 0.463. The topological polar surface area (TPSA) is 122 Å². The number of hydrogen-bond donors (Lipinski definition) is 4. The number of aromatic hydroxyl groups is 1. The molecule has 4 N–H and O–H groups in total. The number of hydrogen-bond acceptors (Lipinski definition) is 8. The van der Waals surface area contributed by atoms with Crippen LogP contribution in [0.1, 0.15) is 19.4 Å². The van der Waals surface area contributed by atoms with Crippen molar-refractivity contribution in [2.75, 3.05) is 43.0 Å². The van der Waals surface area contributed by atoms with Gasteiger partial charge >= 0.3 is 6.03 Å². The van der Waals surface area contributed by atoms with E-state index in [1.54, 1.807) is 17.2 Å². The first-order valence-electron chi connectivity index (χ1n) is 10.7. The van der Waals surface area contributed by atoms with E-state index in [1.165, 1.54) is 11.3 Å². The highest BCUT2D eigenvalue weighted by Gasteiger charge is 2.24. The molecule has 2 amide bonds. The van der Waals surface area contributed by atoms with E-state index >= 15 is 0 Å². The second-order valence-corrected chi connectivity index (χ2v) is 8.15.